The first-order valence-corrected chi connectivity index (χ1v) is 5.89. The number of ether oxygens (including phenoxy) is 1. The zero-order chi connectivity index (χ0) is 12.0. The van der Waals surface area contributed by atoms with E-state index >= 15 is 0 Å². The van der Waals surface area contributed by atoms with E-state index in [4.69, 9.17) is 10.5 Å². The molecule has 2 nitrogen and oxygen atoms in total. The fourth-order valence-corrected chi connectivity index (χ4v) is 1.81. The molecule has 1 unspecified atom stereocenters. The zero-order valence-corrected chi connectivity index (χ0v) is 10.6. The van der Waals surface area contributed by atoms with E-state index in [1.54, 1.807) is 0 Å². The maximum atomic E-state index is 5.76. The molecule has 90 valence electrons. The molecule has 1 aromatic rings. The molecule has 1 aromatic carbocycles. The number of benzene rings is 1. The summed E-state index contributed by atoms with van der Waals surface area (Å²) in [5.41, 5.74) is 6.07. The molecule has 0 aliphatic carbocycles. The quantitative estimate of drug-likeness (QED) is 0.829. The van der Waals surface area contributed by atoms with Crippen LogP contribution in [0.4, 0.5) is 0 Å². The van der Waals surface area contributed by atoms with Crippen molar-refractivity contribution in [3.05, 3.63) is 30.3 Å². The molecule has 0 heterocycles. The topological polar surface area (TPSA) is 35.2 Å². The van der Waals surface area contributed by atoms with Crippen molar-refractivity contribution in [2.75, 3.05) is 13.2 Å². The third-order valence-electron chi connectivity index (χ3n) is 2.46. The van der Waals surface area contributed by atoms with Crippen LogP contribution in [0.2, 0.25) is 0 Å². The van der Waals surface area contributed by atoms with E-state index in [1.165, 1.54) is 0 Å². The summed E-state index contributed by atoms with van der Waals surface area (Å²) in [6.45, 7) is 8.09. The first kappa shape index (κ1) is 13.0. The van der Waals surface area contributed by atoms with Gasteiger partial charge < -0.3 is 10.5 Å². The second-order valence-electron chi connectivity index (χ2n) is 5.49. The first-order valence-electron chi connectivity index (χ1n) is 5.89. The summed E-state index contributed by atoms with van der Waals surface area (Å²) in [5, 5.41) is 0. The van der Waals surface area contributed by atoms with Crippen molar-refractivity contribution < 1.29 is 4.74 Å². The summed E-state index contributed by atoms with van der Waals surface area (Å²) in [4.78, 5) is 0. The van der Waals surface area contributed by atoms with Crippen LogP contribution in [-0.4, -0.2) is 13.2 Å². The van der Waals surface area contributed by atoms with Crippen LogP contribution in [0.5, 0.6) is 5.75 Å². The van der Waals surface area contributed by atoms with Gasteiger partial charge in [-0.15, -0.1) is 0 Å². The molecule has 0 fully saturated rings. The number of rotatable bonds is 5. The van der Waals surface area contributed by atoms with Gasteiger partial charge in [0, 0.05) is 5.92 Å². The highest BCUT2D eigenvalue weighted by molar-refractivity contribution is 5.20. The Morgan fingerprint density at radius 2 is 1.81 bits per heavy atom. The van der Waals surface area contributed by atoms with Gasteiger partial charge in [0.15, 0.2) is 0 Å². The molecule has 0 radical (unpaired) electrons. The molecule has 0 spiro atoms. The van der Waals surface area contributed by atoms with E-state index in [0.29, 0.717) is 24.5 Å². The van der Waals surface area contributed by atoms with Crippen molar-refractivity contribution in [2.24, 2.45) is 17.1 Å². The smallest absolute Gasteiger partial charge is 0.119 e. The molecule has 1 rings (SSSR count). The standard InChI is InChI=1S/C14H23NO/c1-14(2,3)9-12(10-15)11-16-13-7-5-4-6-8-13/h4-8,12H,9-11,15H2,1-3H3. The largest absolute Gasteiger partial charge is 0.493 e. The van der Waals surface area contributed by atoms with Crippen molar-refractivity contribution in [2.45, 2.75) is 27.2 Å². The molecule has 0 bridgehead atoms. The van der Waals surface area contributed by atoms with Crippen LogP contribution < -0.4 is 10.5 Å². The minimum absolute atomic E-state index is 0.310. The van der Waals surface area contributed by atoms with Gasteiger partial charge in [0.05, 0.1) is 6.61 Å². The molecule has 1 atom stereocenters. The molecule has 0 saturated heterocycles. The van der Waals surface area contributed by atoms with Gasteiger partial charge in [-0.2, -0.15) is 0 Å². The van der Waals surface area contributed by atoms with Gasteiger partial charge in [0.1, 0.15) is 5.75 Å². The van der Waals surface area contributed by atoms with Gasteiger partial charge in [-0.05, 0) is 30.5 Å². The fraction of sp³-hybridized carbons (Fsp3) is 0.571. The van der Waals surface area contributed by atoms with Crippen LogP contribution in [-0.2, 0) is 0 Å². The normalized spacial score (nSPS) is 13.5. The lowest BCUT2D eigenvalue weighted by atomic mass is 9.85. The Labute approximate surface area is 98.8 Å². The van der Waals surface area contributed by atoms with E-state index in [9.17, 15) is 0 Å². The Morgan fingerprint density at radius 3 is 2.31 bits per heavy atom. The van der Waals surface area contributed by atoms with Gasteiger partial charge in [0.25, 0.3) is 0 Å². The van der Waals surface area contributed by atoms with Crippen molar-refractivity contribution in [3.8, 4) is 5.75 Å². The van der Waals surface area contributed by atoms with E-state index in [-0.39, 0.29) is 0 Å². The maximum Gasteiger partial charge on any atom is 0.119 e. The van der Waals surface area contributed by atoms with Crippen molar-refractivity contribution >= 4 is 0 Å². The highest BCUT2D eigenvalue weighted by Gasteiger charge is 2.18. The first-order chi connectivity index (χ1) is 7.51. The van der Waals surface area contributed by atoms with Gasteiger partial charge in [0.2, 0.25) is 0 Å². The summed E-state index contributed by atoms with van der Waals surface area (Å²) in [5.74, 6) is 1.36. The summed E-state index contributed by atoms with van der Waals surface area (Å²) in [6, 6.07) is 9.91. The second-order valence-corrected chi connectivity index (χ2v) is 5.49. The van der Waals surface area contributed by atoms with Gasteiger partial charge >= 0.3 is 0 Å². The van der Waals surface area contributed by atoms with Crippen LogP contribution >= 0.6 is 0 Å². The van der Waals surface area contributed by atoms with Crippen LogP contribution in [0.1, 0.15) is 27.2 Å². The Morgan fingerprint density at radius 1 is 1.19 bits per heavy atom. The van der Waals surface area contributed by atoms with Crippen LogP contribution in [0.15, 0.2) is 30.3 Å². The average Bonchev–Trinajstić information content (AvgIpc) is 2.24. The fourth-order valence-electron chi connectivity index (χ4n) is 1.81. The summed E-state index contributed by atoms with van der Waals surface area (Å²) in [7, 11) is 0. The van der Waals surface area contributed by atoms with E-state index < -0.39 is 0 Å². The molecular formula is C14H23NO. The monoisotopic (exact) mass is 221 g/mol. The van der Waals surface area contributed by atoms with Gasteiger partial charge in [-0.3, -0.25) is 0 Å². The highest BCUT2D eigenvalue weighted by Crippen LogP contribution is 2.24. The molecule has 2 N–H and O–H groups in total. The van der Waals surface area contributed by atoms with E-state index in [1.807, 2.05) is 30.3 Å². The molecule has 0 aliphatic heterocycles. The van der Waals surface area contributed by atoms with Crippen LogP contribution in [0, 0.1) is 11.3 Å². The Bertz CT molecular complexity index is 289. The number of hydrogen-bond donors (Lipinski definition) is 1. The molecule has 0 aromatic heterocycles. The summed E-state index contributed by atoms with van der Waals surface area (Å²) in [6.07, 6.45) is 1.09. The number of hydrogen-bond acceptors (Lipinski definition) is 2. The number of nitrogens with two attached hydrogens (primary N) is 1. The van der Waals surface area contributed by atoms with Gasteiger partial charge in [-0.1, -0.05) is 39.0 Å². The van der Waals surface area contributed by atoms with Gasteiger partial charge in [-0.25, -0.2) is 0 Å². The van der Waals surface area contributed by atoms with Crippen molar-refractivity contribution in [1.82, 2.24) is 0 Å². The molecule has 0 aliphatic rings. The number of para-hydroxylation sites is 1. The molecule has 0 saturated carbocycles. The lowest BCUT2D eigenvalue weighted by Gasteiger charge is -2.25. The summed E-state index contributed by atoms with van der Waals surface area (Å²) >= 11 is 0. The Hall–Kier alpha value is -1.02. The average molecular weight is 221 g/mol. The molecule has 2 heteroatoms. The van der Waals surface area contributed by atoms with Crippen LogP contribution in [0.3, 0.4) is 0 Å². The van der Waals surface area contributed by atoms with Crippen LogP contribution in [0.25, 0.3) is 0 Å². The van der Waals surface area contributed by atoms with Crippen molar-refractivity contribution in [3.63, 3.8) is 0 Å². The highest BCUT2D eigenvalue weighted by atomic mass is 16.5. The zero-order valence-electron chi connectivity index (χ0n) is 10.6. The Kier molecular flexibility index (Phi) is 4.81. The minimum Gasteiger partial charge on any atom is -0.493 e. The summed E-state index contributed by atoms with van der Waals surface area (Å²) < 4.78 is 5.72. The van der Waals surface area contributed by atoms with Crippen molar-refractivity contribution in [1.29, 1.82) is 0 Å². The predicted octanol–water partition coefficient (Wildman–Crippen LogP) is 3.08. The molecule has 0 amide bonds. The minimum atomic E-state index is 0.310. The third kappa shape index (κ3) is 5.17. The molecular weight excluding hydrogens is 198 g/mol. The lowest BCUT2D eigenvalue weighted by molar-refractivity contribution is 0.199. The SMILES string of the molecule is CC(C)(C)CC(CN)COc1ccccc1. The van der Waals surface area contributed by atoms with E-state index in [2.05, 4.69) is 20.8 Å². The maximum absolute atomic E-state index is 5.76. The molecule has 16 heavy (non-hydrogen) atoms. The third-order valence-corrected chi connectivity index (χ3v) is 2.46. The van der Waals surface area contributed by atoms with E-state index in [0.717, 1.165) is 12.2 Å². The second kappa shape index (κ2) is 5.90. The predicted molar refractivity (Wildman–Crippen MR) is 68.6 cm³/mol. The lowest BCUT2D eigenvalue weighted by Crippen LogP contribution is -2.26. The Balaban J connectivity index is 2.40.